The van der Waals surface area contributed by atoms with E-state index in [9.17, 15) is 0 Å². The average molecular weight is 249 g/mol. The second kappa shape index (κ2) is 6.64. The highest BCUT2D eigenvalue weighted by Gasteiger charge is 2.10. The Bertz CT molecular complexity index is 342. The normalized spacial score (nSPS) is 16.8. The van der Waals surface area contributed by atoms with Crippen LogP contribution in [0.2, 0.25) is 0 Å². The predicted octanol–water partition coefficient (Wildman–Crippen LogP) is 3.30. The minimum atomic E-state index is 0.213. The molecule has 0 unspecified atom stereocenters. The molecule has 0 aliphatic carbocycles. The van der Waals surface area contributed by atoms with Gasteiger partial charge >= 0.3 is 0 Å². The largest absolute Gasteiger partial charge is 0.491 e. The zero-order valence-corrected chi connectivity index (χ0v) is 11.4. The number of nitrogens with zero attached hydrogens (tertiary/aromatic N) is 1. The maximum atomic E-state index is 5.78. The monoisotopic (exact) mass is 249 g/mol. The van der Waals surface area contributed by atoms with Gasteiger partial charge in [0.15, 0.2) is 0 Å². The first-order valence-electron chi connectivity index (χ1n) is 6.86. The van der Waals surface area contributed by atoms with Crippen LogP contribution in [0.25, 0.3) is 0 Å². The maximum absolute atomic E-state index is 5.78. The van der Waals surface area contributed by atoms with E-state index in [4.69, 9.17) is 9.47 Å². The second-order valence-corrected chi connectivity index (χ2v) is 5.09. The van der Waals surface area contributed by atoms with Gasteiger partial charge in [-0.05, 0) is 51.0 Å². The Morgan fingerprint density at radius 1 is 1.00 bits per heavy atom. The van der Waals surface area contributed by atoms with Gasteiger partial charge in [0.05, 0.1) is 6.10 Å². The van der Waals surface area contributed by atoms with E-state index in [1.54, 1.807) is 0 Å². The van der Waals surface area contributed by atoms with Gasteiger partial charge in [0.25, 0.3) is 0 Å². The van der Waals surface area contributed by atoms with Crippen molar-refractivity contribution in [1.82, 2.24) is 4.90 Å². The molecule has 2 rings (SSSR count). The number of piperidine rings is 1. The number of rotatable bonds is 5. The molecule has 0 atom stereocenters. The molecule has 1 aromatic carbocycles. The summed E-state index contributed by atoms with van der Waals surface area (Å²) < 4.78 is 11.4. The van der Waals surface area contributed by atoms with Crippen molar-refractivity contribution in [3.8, 4) is 11.5 Å². The zero-order valence-electron chi connectivity index (χ0n) is 11.4. The second-order valence-electron chi connectivity index (χ2n) is 5.09. The minimum absolute atomic E-state index is 0.213. The summed E-state index contributed by atoms with van der Waals surface area (Å²) in [5.41, 5.74) is 0. The molecule has 0 N–H and O–H groups in total. The molecule has 1 aliphatic rings. The van der Waals surface area contributed by atoms with E-state index in [-0.39, 0.29) is 6.10 Å². The molecule has 1 aliphatic heterocycles. The minimum Gasteiger partial charge on any atom is -0.491 e. The van der Waals surface area contributed by atoms with Crippen molar-refractivity contribution in [2.45, 2.75) is 39.2 Å². The van der Waals surface area contributed by atoms with E-state index in [0.29, 0.717) is 6.73 Å². The van der Waals surface area contributed by atoms with Crippen LogP contribution >= 0.6 is 0 Å². The number of ether oxygens (including phenoxy) is 2. The average Bonchev–Trinajstić information content (AvgIpc) is 2.38. The van der Waals surface area contributed by atoms with Crippen molar-refractivity contribution < 1.29 is 9.47 Å². The van der Waals surface area contributed by atoms with Crippen LogP contribution in [0.1, 0.15) is 33.1 Å². The van der Waals surface area contributed by atoms with Crippen LogP contribution in [0.15, 0.2) is 24.3 Å². The Kier molecular flexibility index (Phi) is 4.88. The SMILES string of the molecule is CC(C)Oc1ccc(OCN2CCCCC2)cc1. The van der Waals surface area contributed by atoms with E-state index < -0.39 is 0 Å². The van der Waals surface area contributed by atoms with E-state index in [2.05, 4.69) is 4.90 Å². The summed E-state index contributed by atoms with van der Waals surface area (Å²) in [5.74, 6) is 1.81. The zero-order chi connectivity index (χ0) is 12.8. The molecule has 1 saturated heterocycles. The van der Waals surface area contributed by atoms with Gasteiger partial charge in [-0.25, -0.2) is 0 Å². The maximum Gasteiger partial charge on any atom is 0.142 e. The van der Waals surface area contributed by atoms with Crippen LogP contribution in [0.3, 0.4) is 0 Å². The molecule has 0 spiro atoms. The Balaban J connectivity index is 1.78. The highest BCUT2D eigenvalue weighted by Crippen LogP contribution is 2.19. The Morgan fingerprint density at radius 2 is 1.61 bits per heavy atom. The van der Waals surface area contributed by atoms with Crippen molar-refractivity contribution in [2.75, 3.05) is 19.8 Å². The van der Waals surface area contributed by atoms with Gasteiger partial charge < -0.3 is 9.47 Å². The first kappa shape index (κ1) is 13.2. The lowest BCUT2D eigenvalue weighted by molar-refractivity contribution is 0.106. The fourth-order valence-electron chi connectivity index (χ4n) is 2.14. The molecule has 0 radical (unpaired) electrons. The first-order chi connectivity index (χ1) is 8.74. The molecule has 100 valence electrons. The number of likely N-dealkylation sites (tertiary alicyclic amines) is 1. The third-order valence-electron chi connectivity index (χ3n) is 3.06. The summed E-state index contributed by atoms with van der Waals surface area (Å²) >= 11 is 0. The molecule has 3 heteroatoms. The number of benzene rings is 1. The lowest BCUT2D eigenvalue weighted by Gasteiger charge is -2.26. The van der Waals surface area contributed by atoms with Crippen molar-refractivity contribution in [3.63, 3.8) is 0 Å². The molecular formula is C15H23NO2. The molecule has 0 aromatic heterocycles. The van der Waals surface area contributed by atoms with Crippen LogP contribution in [0.5, 0.6) is 11.5 Å². The molecular weight excluding hydrogens is 226 g/mol. The quantitative estimate of drug-likeness (QED) is 0.799. The summed E-state index contributed by atoms with van der Waals surface area (Å²) in [6, 6.07) is 7.88. The van der Waals surface area contributed by atoms with Crippen molar-refractivity contribution in [2.24, 2.45) is 0 Å². The van der Waals surface area contributed by atoms with E-state index >= 15 is 0 Å². The predicted molar refractivity (Wildman–Crippen MR) is 73.1 cm³/mol. The molecule has 1 fully saturated rings. The smallest absolute Gasteiger partial charge is 0.142 e. The Hall–Kier alpha value is -1.22. The third kappa shape index (κ3) is 4.22. The van der Waals surface area contributed by atoms with Gasteiger partial charge in [-0.3, -0.25) is 4.90 Å². The number of hydrogen-bond donors (Lipinski definition) is 0. The summed E-state index contributed by atoms with van der Waals surface area (Å²) in [7, 11) is 0. The highest BCUT2D eigenvalue weighted by atomic mass is 16.5. The molecule has 0 amide bonds. The van der Waals surface area contributed by atoms with Crippen LogP contribution in [-0.4, -0.2) is 30.8 Å². The fraction of sp³-hybridized carbons (Fsp3) is 0.600. The van der Waals surface area contributed by atoms with Crippen molar-refractivity contribution in [1.29, 1.82) is 0 Å². The lowest BCUT2D eigenvalue weighted by Crippen LogP contribution is -2.33. The molecule has 1 heterocycles. The summed E-state index contributed by atoms with van der Waals surface area (Å²) in [4.78, 5) is 2.36. The first-order valence-corrected chi connectivity index (χ1v) is 6.86. The lowest BCUT2D eigenvalue weighted by atomic mass is 10.1. The third-order valence-corrected chi connectivity index (χ3v) is 3.06. The van der Waals surface area contributed by atoms with Crippen molar-refractivity contribution >= 4 is 0 Å². The van der Waals surface area contributed by atoms with Gasteiger partial charge in [-0.15, -0.1) is 0 Å². The summed E-state index contributed by atoms with van der Waals surface area (Å²) in [6.45, 7) is 7.08. The number of hydrogen-bond acceptors (Lipinski definition) is 3. The molecule has 1 aromatic rings. The van der Waals surface area contributed by atoms with Gasteiger partial charge in [0.2, 0.25) is 0 Å². The summed E-state index contributed by atoms with van der Waals surface area (Å²) in [6.07, 6.45) is 4.16. The molecule has 0 bridgehead atoms. The standard InChI is InChI=1S/C15H23NO2/c1-13(2)18-15-8-6-14(7-9-15)17-12-16-10-4-3-5-11-16/h6-9,13H,3-5,10-12H2,1-2H3. The van der Waals surface area contributed by atoms with Crippen molar-refractivity contribution in [3.05, 3.63) is 24.3 Å². The highest BCUT2D eigenvalue weighted by molar-refractivity contribution is 5.31. The van der Waals surface area contributed by atoms with E-state index in [1.165, 1.54) is 19.3 Å². The van der Waals surface area contributed by atoms with Gasteiger partial charge in [0.1, 0.15) is 18.2 Å². The fourth-order valence-corrected chi connectivity index (χ4v) is 2.14. The molecule has 3 nitrogen and oxygen atoms in total. The Labute approximate surface area is 110 Å². The molecule has 0 saturated carbocycles. The summed E-state index contributed by atoms with van der Waals surface area (Å²) in [5, 5.41) is 0. The van der Waals surface area contributed by atoms with Gasteiger partial charge in [0, 0.05) is 13.1 Å². The van der Waals surface area contributed by atoms with E-state index in [0.717, 1.165) is 24.6 Å². The van der Waals surface area contributed by atoms with Crippen LogP contribution in [0, 0.1) is 0 Å². The van der Waals surface area contributed by atoms with Crippen LogP contribution < -0.4 is 9.47 Å². The van der Waals surface area contributed by atoms with E-state index in [1.807, 2.05) is 38.1 Å². The molecule has 18 heavy (non-hydrogen) atoms. The van der Waals surface area contributed by atoms with Crippen LogP contribution in [0.4, 0.5) is 0 Å². The topological polar surface area (TPSA) is 21.7 Å². The van der Waals surface area contributed by atoms with Gasteiger partial charge in [-0.1, -0.05) is 6.42 Å². The van der Waals surface area contributed by atoms with Gasteiger partial charge in [-0.2, -0.15) is 0 Å². The Morgan fingerprint density at radius 3 is 2.22 bits per heavy atom. The van der Waals surface area contributed by atoms with Crippen LogP contribution in [-0.2, 0) is 0 Å².